The summed E-state index contributed by atoms with van der Waals surface area (Å²) in [5.41, 5.74) is 0. The molecule has 0 saturated heterocycles. The minimum Gasteiger partial charge on any atom is -0.481 e. The summed E-state index contributed by atoms with van der Waals surface area (Å²) < 4.78 is 0. The first-order valence-corrected chi connectivity index (χ1v) is 16.9. The van der Waals surface area contributed by atoms with Crippen molar-refractivity contribution in [2.45, 2.75) is 160 Å². The largest absolute Gasteiger partial charge is 0.481 e. The second kappa shape index (κ2) is 28.5. The molecule has 11 nitrogen and oxygen atoms in total. The number of hydrogen-bond donors (Lipinski definition) is 6. The molecule has 0 aliphatic heterocycles. The summed E-state index contributed by atoms with van der Waals surface area (Å²) in [6.45, 7) is 0.382. The number of nitrogens with one attached hydrogen (secondary N) is 3. The van der Waals surface area contributed by atoms with Crippen LogP contribution >= 0.6 is 9.39 Å². The first kappa shape index (κ1) is 40.7. The SMILES string of the molecule is O=C(O)CCCCCCCCCCCCCCCCCCC(=O)N[C@@H](CCC(=O)NCCCCC(NP)C(=O)O)C(=O)O. The fourth-order valence-electron chi connectivity index (χ4n) is 4.90. The number of amides is 2. The van der Waals surface area contributed by atoms with E-state index in [1.807, 2.05) is 0 Å². The van der Waals surface area contributed by atoms with Crippen molar-refractivity contribution in [1.29, 1.82) is 0 Å². The van der Waals surface area contributed by atoms with E-state index < -0.39 is 30.0 Å². The zero-order chi connectivity index (χ0) is 32.1. The van der Waals surface area contributed by atoms with Gasteiger partial charge in [-0.25, -0.2) is 4.79 Å². The van der Waals surface area contributed by atoms with Gasteiger partial charge in [0, 0.05) is 25.8 Å². The van der Waals surface area contributed by atoms with Crippen molar-refractivity contribution < 1.29 is 39.3 Å². The minimum atomic E-state index is -1.16. The van der Waals surface area contributed by atoms with E-state index in [0.717, 1.165) is 38.5 Å². The molecule has 2 unspecified atom stereocenters. The molecule has 0 fully saturated rings. The highest BCUT2D eigenvalue weighted by Gasteiger charge is 2.21. The van der Waals surface area contributed by atoms with Crippen LogP contribution in [0.3, 0.4) is 0 Å². The van der Waals surface area contributed by atoms with Gasteiger partial charge in [0.25, 0.3) is 0 Å². The van der Waals surface area contributed by atoms with Gasteiger partial charge in [0.2, 0.25) is 11.8 Å². The number of rotatable bonds is 31. The smallest absolute Gasteiger partial charge is 0.326 e. The summed E-state index contributed by atoms with van der Waals surface area (Å²) >= 11 is 0. The molecule has 3 atom stereocenters. The van der Waals surface area contributed by atoms with E-state index in [9.17, 15) is 29.1 Å². The number of carboxylic acids is 3. The fraction of sp³-hybridized carbons (Fsp3) is 0.839. The molecule has 0 aromatic heterocycles. The molecule has 0 aliphatic rings. The number of carbonyl (C=O) groups excluding carboxylic acids is 2. The standard InChI is InChI=1S/C31H58N3O8P/c35-27(32-24-18-17-19-26(34-43)31(41)42)23-22-25(30(39)40)33-28(36)20-15-13-11-9-7-5-3-1-2-4-6-8-10-12-14-16-21-29(37)38/h25-26,34H,1-24,43H2,(H,32,35)(H,33,36)(H,37,38)(H,39,40)(H,41,42)/t25-,26?/m0/s1. The highest BCUT2D eigenvalue weighted by atomic mass is 31.0. The van der Waals surface area contributed by atoms with Crippen molar-refractivity contribution in [2.24, 2.45) is 0 Å². The third-order valence-corrected chi connectivity index (χ3v) is 7.98. The van der Waals surface area contributed by atoms with Gasteiger partial charge in [-0.15, -0.1) is 0 Å². The van der Waals surface area contributed by atoms with Gasteiger partial charge in [-0.1, -0.05) is 99.3 Å². The number of aliphatic carboxylic acids is 3. The lowest BCUT2D eigenvalue weighted by atomic mass is 10.0. The Kier molecular flexibility index (Phi) is 27.0. The van der Waals surface area contributed by atoms with Gasteiger partial charge in [0.1, 0.15) is 12.1 Å². The molecule has 0 bridgehead atoms. The van der Waals surface area contributed by atoms with E-state index in [1.54, 1.807) is 0 Å². The molecule has 0 spiro atoms. The highest BCUT2D eigenvalue weighted by Crippen LogP contribution is 2.14. The molecular formula is C31H58N3O8P. The van der Waals surface area contributed by atoms with Crippen LogP contribution in [0.5, 0.6) is 0 Å². The normalized spacial score (nSPS) is 12.4. The fourth-order valence-corrected chi connectivity index (χ4v) is 5.21. The van der Waals surface area contributed by atoms with Crippen molar-refractivity contribution in [3.05, 3.63) is 0 Å². The number of carbonyl (C=O) groups is 5. The van der Waals surface area contributed by atoms with E-state index in [1.165, 1.54) is 57.8 Å². The van der Waals surface area contributed by atoms with Gasteiger partial charge in [-0.2, -0.15) is 0 Å². The van der Waals surface area contributed by atoms with Crippen LogP contribution in [0.25, 0.3) is 0 Å². The molecule has 0 radical (unpaired) electrons. The lowest BCUT2D eigenvalue weighted by Crippen LogP contribution is -2.41. The predicted molar refractivity (Wildman–Crippen MR) is 171 cm³/mol. The molecule has 0 rings (SSSR count). The number of hydrogen-bond acceptors (Lipinski definition) is 6. The van der Waals surface area contributed by atoms with Gasteiger partial charge in [-0.05, 0) is 38.5 Å². The molecule has 0 aliphatic carbocycles. The van der Waals surface area contributed by atoms with Crippen molar-refractivity contribution in [2.75, 3.05) is 6.54 Å². The molecule has 2 amide bonds. The van der Waals surface area contributed by atoms with Crippen LogP contribution in [0.4, 0.5) is 0 Å². The molecule has 0 aromatic rings. The Balaban J connectivity index is 3.68. The molecule has 0 aromatic carbocycles. The van der Waals surface area contributed by atoms with Gasteiger partial charge in [-0.3, -0.25) is 24.3 Å². The van der Waals surface area contributed by atoms with Crippen molar-refractivity contribution >= 4 is 39.1 Å². The summed E-state index contributed by atoms with van der Waals surface area (Å²) in [6, 6.07) is -1.75. The van der Waals surface area contributed by atoms with Crippen LogP contribution in [-0.4, -0.2) is 63.7 Å². The Bertz CT molecular complexity index is 784. The second-order valence-electron chi connectivity index (χ2n) is 11.5. The van der Waals surface area contributed by atoms with Crippen LogP contribution in [-0.2, 0) is 24.0 Å². The second-order valence-corrected chi connectivity index (χ2v) is 11.8. The van der Waals surface area contributed by atoms with Gasteiger partial charge in [0.05, 0.1) is 0 Å². The molecule has 250 valence electrons. The van der Waals surface area contributed by atoms with Gasteiger partial charge < -0.3 is 26.0 Å². The lowest BCUT2D eigenvalue weighted by molar-refractivity contribution is -0.142. The van der Waals surface area contributed by atoms with Crippen LogP contribution in [0.15, 0.2) is 0 Å². The summed E-state index contributed by atoms with van der Waals surface area (Å²) in [7, 11) is 2.19. The van der Waals surface area contributed by atoms with E-state index in [2.05, 4.69) is 25.1 Å². The molecular weight excluding hydrogens is 573 g/mol. The Morgan fingerprint density at radius 3 is 1.35 bits per heavy atom. The lowest BCUT2D eigenvalue weighted by Gasteiger charge is -2.14. The van der Waals surface area contributed by atoms with Crippen LogP contribution in [0.2, 0.25) is 0 Å². The van der Waals surface area contributed by atoms with Gasteiger partial charge in [0.15, 0.2) is 0 Å². The molecule has 0 heterocycles. The molecule has 6 N–H and O–H groups in total. The summed E-state index contributed by atoms with van der Waals surface area (Å²) in [6.07, 6.45) is 20.3. The third kappa shape index (κ3) is 27.1. The van der Waals surface area contributed by atoms with E-state index in [-0.39, 0.29) is 37.5 Å². The first-order valence-electron chi connectivity index (χ1n) is 16.4. The monoisotopic (exact) mass is 631 g/mol. The average molecular weight is 632 g/mol. The third-order valence-electron chi connectivity index (χ3n) is 7.58. The van der Waals surface area contributed by atoms with Crippen molar-refractivity contribution in [3.63, 3.8) is 0 Å². The zero-order valence-corrected chi connectivity index (χ0v) is 27.2. The minimum absolute atomic E-state index is 0.0142. The van der Waals surface area contributed by atoms with Crippen LogP contribution in [0, 0.1) is 0 Å². The summed E-state index contributed by atoms with van der Waals surface area (Å²) in [5.74, 6) is -3.38. The van der Waals surface area contributed by atoms with Gasteiger partial charge >= 0.3 is 17.9 Å². The molecule has 43 heavy (non-hydrogen) atoms. The Hall–Kier alpha value is -2.26. The van der Waals surface area contributed by atoms with E-state index in [4.69, 9.17) is 10.2 Å². The zero-order valence-electron chi connectivity index (χ0n) is 26.1. The maximum atomic E-state index is 12.2. The van der Waals surface area contributed by atoms with Crippen molar-refractivity contribution in [1.82, 2.24) is 15.7 Å². The van der Waals surface area contributed by atoms with Crippen LogP contribution < -0.4 is 15.7 Å². The Morgan fingerprint density at radius 1 is 0.488 bits per heavy atom. The quantitative estimate of drug-likeness (QED) is 0.0421. The maximum absolute atomic E-state index is 12.2. The average Bonchev–Trinajstić information content (AvgIpc) is 2.95. The van der Waals surface area contributed by atoms with Crippen molar-refractivity contribution in [3.8, 4) is 0 Å². The highest BCUT2D eigenvalue weighted by molar-refractivity contribution is 7.13. The topological polar surface area (TPSA) is 182 Å². The Labute approximate surface area is 260 Å². The first-order chi connectivity index (χ1) is 20.7. The van der Waals surface area contributed by atoms with Crippen LogP contribution in [0.1, 0.15) is 148 Å². The molecule has 0 saturated carbocycles. The molecule has 12 heteroatoms. The summed E-state index contributed by atoms with van der Waals surface area (Å²) in [4.78, 5) is 57.2. The van der Waals surface area contributed by atoms with E-state index >= 15 is 0 Å². The van der Waals surface area contributed by atoms with E-state index in [0.29, 0.717) is 32.2 Å². The summed E-state index contributed by atoms with van der Waals surface area (Å²) in [5, 5.41) is 34.9. The predicted octanol–water partition coefficient (Wildman–Crippen LogP) is 5.56. The Morgan fingerprint density at radius 2 is 0.930 bits per heavy atom. The number of carboxylic acid groups (broad SMARTS) is 3. The number of unbranched alkanes of at least 4 members (excludes halogenated alkanes) is 16. The maximum Gasteiger partial charge on any atom is 0.326 e.